The first kappa shape index (κ1) is 14.7. The summed E-state index contributed by atoms with van der Waals surface area (Å²) in [7, 11) is 0. The smallest absolute Gasteiger partial charge is 0.228 e. The fourth-order valence-corrected chi connectivity index (χ4v) is 3.15. The lowest BCUT2D eigenvalue weighted by Crippen LogP contribution is -2.30. The van der Waals surface area contributed by atoms with Crippen molar-refractivity contribution < 1.29 is 4.79 Å². The van der Waals surface area contributed by atoms with Crippen molar-refractivity contribution in [3.63, 3.8) is 0 Å². The molecule has 7 heteroatoms. The summed E-state index contributed by atoms with van der Waals surface area (Å²) in [4.78, 5) is 23.3. The number of hydrogen-bond acceptors (Lipinski definition) is 4. The van der Waals surface area contributed by atoms with Crippen molar-refractivity contribution in [2.75, 3.05) is 36.0 Å². The van der Waals surface area contributed by atoms with E-state index in [0.717, 1.165) is 18.8 Å². The molecule has 2 fully saturated rings. The molecule has 0 radical (unpaired) electrons. The molecule has 3 rings (SSSR count). The van der Waals surface area contributed by atoms with Gasteiger partial charge in [-0.05, 0) is 42.8 Å². The van der Waals surface area contributed by atoms with Crippen molar-refractivity contribution in [1.29, 1.82) is 0 Å². The van der Waals surface area contributed by atoms with Crippen LogP contribution in [0.25, 0.3) is 10.4 Å². The molecule has 2 aliphatic heterocycles. The van der Waals surface area contributed by atoms with Crippen LogP contribution in [0.5, 0.6) is 0 Å². The molecular weight excluding hydrogens is 280 g/mol. The van der Waals surface area contributed by atoms with Crippen LogP contribution < -0.4 is 9.80 Å². The maximum atomic E-state index is 12.1. The van der Waals surface area contributed by atoms with Crippen molar-refractivity contribution in [1.82, 2.24) is 4.98 Å². The van der Waals surface area contributed by atoms with E-state index in [1.54, 1.807) is 4.90 Å². The Hall–Kier alpha value is -2.27. The van der Waals surface area contributed by atoms with Crippen LogP contribution in [-0.4, -0.2) is 37.1 Å². The Morgan fingerprint density at radius 3 is 2.82 bits per heavy atom. The quantitative estimate of drug-likeness (QED) is 0.487. The van der Waals surface area contributed by atoms with E-state index in [9.17, 15) is 4.79 Å². The van der Waals surface area contributed by atoms with Gasteiger partial charge in [-0.3, -0.25) is 9.69 Å². The molecule has 1 amide bonds. The molecule has 3 heterocycles. The number of carbonyl (C=O) groups is 1. The molecule has 0 saturated carbocycles. The molecule has 0 aromatic carbocycles. The SMILES string of the molecule is [N-]=[N+]=NCC1CC(=O)N(c2ccc(N3CCCCC3)cn2)C1. The minimum atomic E-state index is 0.0522. The Labute approximate surface area is 129 Å². The highest BCUT2D eigenvalue weighted by atomic mass is 16.2. The first-order chi connectivity index (χ1) is 10.8. The average Bonchev–Trinajstić information content (AvgIpc) is 2.95. The third-order valence-electron chi connectivity index (χ3n) is 4.34. The van der Waals surface area contributed by atoms with Gasteiger partial charge in [0.25, 0.3) is 0 Å². The summed E-state index contributed by atoms with van der Waals surface area (Å²) in [5, 5.41) is 3.57. The van der Waals surface area contributed by atoms with Crippen molar-refractivity contribution in [2.24, 2.45) is 11.0 Å². The predicted octanol–water partition coefficient (Wildman–Crippen LogP) is 2.74. The number of azide groups is 1. The van der Waals surface area contributed by atoms with Crippen LogP contribution >= 0.6 is 0 Å². The lowest BCUT2D eigenvalue weighted by Gasteiger charge is -2.28. The van der Waals surface area contributed by atoms with E-state index in [1.807, 2.05) is 18.3 Å². The highest BCUT2D eigenvalue weighted by Crippen LogP contribution is 2.26. The fourth-order valence-electron chi connectivity index (χ4n) is 3.15. The minimum Gasteiger partial charge on any atom is -0.370 e. The lowest BCUT2D eigenvalue weighted by atomic mass is 10.1. The third kappa shape index (κ3) is 3.14. The Balaban J connectivity index is 1.67. The summed E-state index contributed by atoms with van der Waals surface area (Å²) in [6.45, 7) is 3.11. The molecule has 0 spiro atoms. The number of pyridine rings is 1. The van der Waals surface area contributed by atoms with Gasteiger partial charge < -0.3 is 4.90 Å². The molecular formula is C15H20N6O. The third-order valence-corrected chi connectivity index (χ3v) is 4.34. The summed E-state index contributed by atoms with van der Waals surface area (Å²) in [6.07, 6.45) is 6.04. The molecule has 1 aromatic rings. The number of anilines is 2. The summed E-state index contributed by atoms with van der Waals surface area (Å²) in [6, 6.07) is 3.96. The zero-order chi connectivity index (χ0) is 15.4. The van der Waals surface area contributed by atoms with Crippen LogP contribution in [0, 0.1) is 5.92 Å². The van der Waals surface area contributed by atoms with Crippen molar-refractivity contribution in [3.05, 3.63) is 28.8 Å². The second-order valence-electron chi connectivity index (χ2n) is 5.91. The monoisotopic (exact) mass is 300 g/mol. The number of nitrogens with zero attached hydrogens (tertiary/aromatic N) is 6. The minimum absolute atomic E-state index is 0.0522. The Kier molecular flexibility index (Phi) is 4.44. The molecule has 116 valence electrons. The largest absolute Gasteiger partial charge is 0.370 e. The molecule has 2 aliphatic rings. The van der Waals surface area contributed by atoms with Crippen LogP contribution in [0.3, 0.4) is 0 Å². The van der Waals surface area contributed by atoms with Gasteiger partial charge in [0.05, 0.1) is 11.9 Å². The molecule has 0 bridgehead atoms. The molecule has 1 unspecified atom stereocenters. The summed E-state index contributed by atoms with van der Waals surface area (Å²) in [5.74, 6) is 0.831. The Bertz CT molecular complexity index is 574. The van der Waals surface area contributed by atoms with Gasteiger partial charge >= 0.3 is 0 Å². The topological polar surface area (TPSA) is 85.2 Å². The Morgan fingerprint density at radius 2 is 2.14 bits per heavy atom. The zero-order valence-electron chi connectivity index (χ0n) is 12.6. The van der Waals surface area contributed by atoms with E-state index < -0.39 is 0 Å². The van der Waals surface area contributed by atoms with E-state index in [4.69, 9.17) is 5.53 Å². The highest BCUT2D eigenvalue weighted by Gasteiger charge is 2.30. The maximum Gasteiger partial charge on any atom is 0.228 e. The second-order valence-corrected chi connectivity index (χ2v) is 5.91. The molecule has 0 N–H and O–H groups in total. The van der Waals surface area contributed by atoms with Crippen LogP contribution in [0.2, 0.25) is 0 Å². The normalized spacial score (nSPS) is 21.8. The van der Waals surface area contributed by atoms with E-state index in [1.165, 1.54) is 19.3 Å². The van der Waals surface area contributed by atoms with E-state index in [2.05, 4.69) is 19.9 Å². The molecule has 2 saturated heterocycles. The van der Waals surface area contributed by atoms with Crippen LogP contribution in [0.15, 0.2) is 23.4 Å². The van der Waals surface area contributed by atoms with Gasteiger partial charge in [0.15, 0.2) is 0 Å². The van der Waals surface area contributed by atoms with Gasteiger partial charge in [0, 0.05) is 37.5 Å². The van der Waals surface area contributed by atoms with Crippen molar-refractivity contribution in [2.45, 2.75) is 25.7 Å². The van der Waals surface area contributed by atoms with Gasteiger partial charge in [0.2, 0.25) is 5.91 Å². The van der Waals surface area contributed by atoms with Gasteiger partial charge in [0.1, 0.15) is 5.82 Å². The number of aromatic nitrogens is 1. The fraction of sp³-hybridized carbons (Fsp3) is 0.600. The van der Waals surface area contributed by atoms with Gasteiger partial charge in [-0.15, -0.1) is 0 Å². The standard InChI is InChI=1S/C15H20N6O/c16-19-18-9-12-8-15(22)21(11-12)14-5-4-13(10-17-14)20-6-2-1-3-7-20/h4-5,10,12H,1-3,6-9,11H2. The molecule has 22 heavy (non-hydrogen) atoms. The number of carbonyl (C=O) groups excluding carboxylic acids is 1. The van der Waals surface area contributed by atoms with Crippen LogP contribution in [0.1, 0.15) is 25.7 Å². The van der Waals surface area contributed by atoms with Gasteiger partial charge in [-0.25, -0.2) is 4.98 Å². The second kappa shape index (κ2) is 6.66. The van der Waals surface area contributed by atoms with E-state index in [0.29, 0.717) is 25.3 Å². The first-order valence-corrected chi connectivity index (χ1v) is 7.80. The number of piperidine rings is 1. The summed E-state index contributed by atoms with van der Waals surface area (Å²) < 4.78 is 0. The molecule has 1 aromatic heterocycles. The van der Waals surface area contributed by atoms with E-state index in [-0.39, 0.29) is 11.8 Å². The molecule has 0 aliphatic carbocycles. The van der Waals surface area contributed by atoms with Gasteiger partial charge in [-0.2, -0.15) is 0 Å². The van der Waals surface area contributed by atoms with Crippen LogP contribution in [-0.2, 0) is 4.79 Å². The molecule has 1 atom stereocenters. The van der Waals surface area contributed by atoms with Crippen molar-refractivity contribution in [3.8, 4) is 0 Å². The number of hydrogen-bond donors (Lipinski definition) is 0. The summed E-state index contributed by atoms with van der Waals surface area (Å²) in [5.41, 5.74) is 9.50. The maximum absolute atomic E-state index is 12.1. The molecule has 7 nitrogen and oxygen atoms in total. The van der Waals surface area contributed by atoms with E-state index >= 15 is 0 Å². The number of amides is 1. The Morgan fingerprint density at radius 1 is 1.32 bits per heavy atom. The highest BCUT2D eigenvalue weighted by molar-refractivity contribution is 5.94. The van der Waals surface area contributed by atoms with Crippen molar-refractivity contribution >= 4 is 17.4 Å². The lowest BCUT2D eigenvalue weighted by molar-refractivity contribution is -0.117. The summed E-state index contributed by atoms with van der Waals surface area (Å²) >= 11 is 0. The number of rotatable bonds is 4. The predicted molar refractivity (Wildman–Crippen MR) is 84.8 cm³/mol. The van der Waals surface area contributed by atoms with Crippen LogP contribution in [0.4, 0.5) is 11.5 Å². The van der Waals surface area contributed by atoms with Gasteiger partial charge in [-0.1, -0.05) is 5.11 Å². The average molecular weight is 300 g/mol. The zero-order valence-corrected chi connectivity index (χ0v) is 12.6. The first-order valence-electron chi connectivity index (χ1n) is 7.80.